The van der Waals surface area contributed by atoms with Crippen LogP contribution < -0.4 is 4.90 Å². The number of furan rings is 1. The lowest BCUT2D eigenvalue weighted by molar-refractivity contribution is 0.669. The van der Waals surface area contributed by atoms with Crippen LogP contribution in [0.3, 0.4) is 0 Å². The summed E-state index contributed by atoms with van der Waals surface area (Å²) in [5, 5.41) is 2.11. The molecule has 0 bridgehead atoms. The molecular formula is C53H35N3O. The van der Waals surface area contributed by atoms with Gasteiger partial charge in [-0.2, -0.15) is 0 Å². The van der Waals surface area contributed by atoms with E-state index < -0.39 is 5.41 Å². The average molecular weight is 730 g/mol. The van der Waals surface area contributed by atoms with Gasteiger partial charge in [0, 0.05) is 27.6 Å². The molecule has 0 saturated carbocycles. The van der Waals surface area contributed by atoms with Crippen molar-refractivity contribution < 1.29 is 4.42 Å². The predicted molar refractivity (Wildman–Crippen MR) is 232 cm³/mol. The minimum atomic E-state index is -0.645. The Labute approximate surface area is 331 Å². The number of fused-ring (bicyclic) bond motifs is 6. The third-order valence-electron chi connectivity index (χ3n) is 11.4. The zero-order valence-corrected chi connectivity index (χ0v) is 31.0. The summed E-state index contributed by atoms with van der Waals surface area (Å²) in [5.74, 6) is 0.669. The minimum Gasteiger partial charge on any atom is -0.456 e. The molecule has 0 saturated heterocycles. The molecule has 0 unspecified atom stereocenters. The third-order valence-corrected chi connectivity index (χ3v) is 11.4. The molecule has 2 aromatic heterocycles. The Morgan fingerprint density at radius 1 is 0.439 bits per heavy atom. The van der Waals surface area contributed by atoms with Crippen LogP contribution in [0.1, 0.15) is 22.3 Å². The van der Waals surface area contributed by atoms with Crippen LogP contribution in [0, 0.1) is 0 Å². The standard InChI is InChI=1S/C53H35N3O/c1-4-18-36(19-5-1)51-48(35-54-52(55-51)37-20-6-2-7-21-37)56(39-32-33-50-43(34-39)42-26-12-17-31-49(42)57-50)47-30-16-15-29-46(47)53(38-22-8-3-9-23-38)44-27-13-10-24-40(44)41-25-11-14-28-45(41)53/h1-35H. The molecule has 0 fully saturated rings. The van der Waals surface area contributed by atoms with E-state index in [-0.39, 0.29) is 0 Å². The van der Waals surface area contributed by atoms with Crippen molar-refractivity contribution in [2.75, 3.05) is 4.90 Å². The first-order valence-corrected chi connectivity index (χ1v) is 19.3. The van der Waals surface area contributed by atoms with Crippen molar-refractivity contribution in [3.8, 4) is 33.8 Å². The molecule has 0 atom stereocenters. The summed E-state index contributed by atoms with van der Waals surface area (Å²) in [5.41, 5.74) is 14.0. The lowest BCUT2D eigenvalue weighted by atomic mass is 9.67. The summed E-state index contributed by atoms with van der Waals surface area (Å²) in [7, 11) is 0. The molecule has 0 N–H and O–H groups in total. The smallest absolute Gasteiger partial charge is 0.159 e. The van der Waals surface area contributed by atoms with Crippen molar-refractivity contribution in [1.82, 2.24) is 9.97 Å². The van der Waals surface area contributed by atoms with E-state index in [0.29, 0.717) is 5.82 Å². The SMILES string of the molecule is c1ccc(-c2ncc(N(c3ccc4oc5ccccc5c4c3)c3ccccc3C3(c4ccccc4)c4ccccc4-c4ccccc43)c(-c3ccccc3)n2)cc1. The number of aromatic nitrogens is 2. The molecule has 1 aliphatic rings. The summed E-state index contributed by atoms with van der Waals surface area (Å²) in [6, 6.07) is 73.0. The van der Waals surface area contributed by atoms with Crippen LogP contribution in [-0.4, -0.2) is 9.97 Å². The Morgan fingerprint density at radius 2 is 1.00 bits per heavy atom. The highest BCUT2D eigenvalue weighted by Gasteiger charge is 2.47. The van der Waals surface area contributed by atoms with E-state index in [1.165, 1.54) is 27.8 Å². The van der Waals surface area contributed by atoms with Crippen molar-refractivity contribution in [2.24, 2.45) is 0 Å². The third kappa shape index (κ3) is 5.15. The number of rotatable bonds is 7. The van der Waals surface area contributed by atoms with Gasteiger partial charge in [-0.15, -0.1) is 0 Å². The number of nitrogens with zero attached hydrogens (tertiary/aromatic N) is 3. The Kier molecular flexibility index (Phi) is 7.68. The summed E-state index contributed by atoms with van der Waals surface area (Å²) < 4.78 is 6.37. The van der Waals surface area contributed by atoms with E-state index in [1.807, 2.05) is 42.6 Å². The molecule has 0 radical (unpaired) electrons. The second kappa shape index (κ2) is 13.3. The second-order valence-corrected chi connectivity index (χ2v) is 14.5. The molecule has 0 aliphatic heterocycles. The fourth-order valence-corrected chi connectivity index (χ4v) is 9.00. The van der Waals surface area contributed by atoms with E-state index in [1.54, 1.807) is 0 Å². The highest BCUT2D eigenvalue weighted by Crippen LogP contribution is 2.59. The first-order valence-electron chi connectivity index (χ1n) is 19.3. The highest BCUT2D eigenvalue weighted by molar-refractivity contribution is 6.07. The Balaban J connectivity index is 1.26. The molecule has 4 heteroatoms. The molecule has 8 aromatic carbocycles. The predicted octanol–water partition coefficient (Wildman–Crippen LogP) is 13.5. The first-order chi connectivity index (χ1) is 28.3. The highest BCUT2D eigenvalue weighted by atomic mass is 16.3. The van der Waals surface area contributed by atoms with Gasteiger partial charge in [0.2, 0.25) is 0 Å². The van der Waals surface area contributed by atoms with E-state index in [4.69, 9.17) is 14.4 Å². The van der Waals surface area contributed by atoms with Crippen LogP contribution >= 0.6 is 0 Å². The van der Waals surface area contributed by atoms with E-state index in [2.05, 4.69) is 175 Å². The van der Waals surface area contributed by atoms with Crippen molar-refractivity contribution in [3.05, 3.63) is 235 Å². The summed E-state index contributed by atoms with van der Waals surface area (Å²) in [4.78, 5) is 12.9. The van der Waals surface area contributed by atoms with E-state index in [0.717, 1.165) is 61.4 Å². The molecule has 4 nitrogen and oxygen atoms in total. The maximum Gasteiger partial charge on any atom is 0.159 e. The Hall–Kier alpha value is -7.56. The van der Waals surface area contributed by atoms with Gasteiger partial charge in [0.25, 0.3) is 0 Å². The van der Waals surface area contributed by atoms with Gasteiger partial charge < -0.3 is 9.32 Å². The normalized spacial score (nSPS) is 12.7. The van der Waals surface area contributed by atoms with Gasteiger partial charge in [-0.05, 0) is 63.7 Å². The molecule has 0 spiro atoms. The minimum absolute atomic E-state index is 0.645. The lowest BCUT2D eigenvalue weighted by Gasteiger charge is -2.38. The van der Waals surface area contributed by atoms with Crippen LogP contribution in [-0.2, 0) is 5.41 Å². The van der Waals surface area contributed by atoms with Gasteiger partial charge >= 0.3 is 0 Å². The molecule has 1 aliphatic carbocycles. The molecule has 0 amide bonds. The Morgan fingerprint density at radius 3 is 1.72 bits per heavy atom. The molecule has 268 valence electrons. The molecule has 11 rings (SSSR count). The molecular weight excluding hydrogens is 695 g/mol. The van der Waals surface area contributed by atoms with E-state index in [9.17, 15) is 0 Å². The lowest BCUT2D eigenvalue weighted by Crippen LogP contribution is -2.31. The van der Waals surface area contributed by atoms with Gasteiger partial charge in [-0.3, -0.25) is 0 Å². The summed E-state index contributed by atoms with van der Waals surface area (Å²) in [6.07, 6.45) is 2.00. The molecule has 10 aromatic rings. The maximum atomic E-state index is 6.37. The quantitative estimate of drug-likeness (QED) is 0.164. The summed E-state index contributed by atoms with van der Waals surface area (Å²) in [6.45, 7) is 0. The van der Waals surface area contributed by atoms with Crippen molar-refractivity contribution in [3.63, 3.8) is 0 Å². The Bertz CT molecular complexity index is 3040. The van der Waals surface area contributed by atoms with Gasteiger partial charge in [-0.1, -0.05) is 176 Å². The maximum absolute atomic E-state index is 6.37. The van der Waals surface area contributed by atoms with Crippen molar-refractivity contribution >= 4 is 39.0 Å². The molecule has 2 heterocycles. The topological polar surface area (TPSA) is 42.2 Å². The van der Waals surface area contributed by atoms with E-state index >= 15 is 0 Å². The number of hydrogen-bond donors (Lipinski definition) is 0. The van der Waals surface area contributed by atoms with Crippen molar-refractivity contribution in [2.45, 2.75) is 5.41 Å². The fraction of sp³-hybridized carbons (Fsp3) is 0.0189. The van der Waals surface area contributed by atoms with Crippen LogP contribution in [0.5, 0.6) is 0 Å². The van der Waals surface area contributed by atoms with Crippen LogP contribution in [0.25, 0.3) is 55.7 Å². The van der Waals surface area contributed by atoms with Crippen molar-refractivity contribution in [1.29, 1.82) is 0 Å². The van der Waals surface area contributed by atoms with Crippen LogP contribution in [0.4, 0.5) is 17.1 Å². The second-order valence-electron chi connectivity index (χ2n) is 14.5. The van der Waals surface area contributed by atoms with Crippen LogP contribution in [0.2, 0.25) is 0 Å². The fourth-order valence-electron chi connectivity index (χ4n) is 9.00. The zero-order valence-electron chi connectivity index (χ0n) is 31.0. The number of hydrogen-bond acceptors (Lipinski definition) is 4. The van der Waals surface area contributed by atoms with Gasteiger partial charge in [0.1, 0.15) is 11.2 Å². The van der Waals surface area contributed by atoms with Gasteiger partial charge in [0.05, 0.1) is 28.7 Å². The number of anilines is 3. The van der Waals surface area contributed by atoms with Crippen LogP contribution in [0.15, 0.2) is 217 Å². The van der Waals surface area contributed by atoms with Gasteiger partial charge in [0.15, 0.2) is 5.82 Å². The number of benzene rings is 8. The largest absolute Gasteiger partial charge is 0.456 e. The summed E-state index contributed by atoms with van der Waals surface area (Å²) >= 11 is 0. The monoisotopic (exact) mass is 729 g/mol. The first kappa shape index (κ1) is 32.8. The zero-order chi connectivity index (χ0) is 37.8. The molecule has 57 heavy (non-hydrogen) atoms. The average Bonchev–Trinajstić information content (AvgIpc) is 3.81. The number of para-hydroxylation sites is 2. The van der Waals surface area contributed by atoms with Gasteiger partial charge in [-0.25, -0.2) is 9.97 Å².